The molecule has 2 atom stereocenters. The van der Waals surface area contributed by atoms with Crippen molar-refractivity contribution in [1.29, 1.82) is 0 Å². The predicted molar refractivity (Wildman–Crippen MR) is 169 cm³/mol. The molecule has 1 heterocycles. The molecule has 2 unspecified atom stereocenters. The van der Waals surface area contributed by atoms with Crippen molar-refractivity contribution in [2.75, 3.05) is 13.2 Å². The zero-order valence-corrected chi connectivity index (χ0v) is 28.2. The largest absolute Gasteiger partial charge is 0.481 e. The molecule has 0 radical (unpaired) electrons. The molecule has 0 fully saturated rings. The summed E-state index contributed by atoms with van der Waals surface area (Å²) in [7, 11) is -3.90. The average Bonchev–Trinajstić information content (AvgIpc) is 3.44. The van der Waals surface area contributed by atoms with Gasteiger partial charge in [0.1, 0.15) is 17.7 Å². The van der Waals surface area contributed by atoms with E-state index >= 15 is 0 Å². The van der Waals surface area contributed by atoms with Crippen molar-refractivity contribution in [3.05, 3.63) is 41.7 Å². The molecule has 3 amide bonds. The predicted octanol–water partition coefficient (Wildman–Crippen LogP) is 1.54. The molecule has 0 aliphatic carbocycles. The van der Waals surface area contributed by atoms with Gasteiger partial charge in [0.05, 0.1) is 23.7 Å². The zero-order valence-electron chi connectivity index (χ0n) is 27.4. The van der Waals surface area contributed by atoms with Gasteiger partial charge in [0.15, 0.2) is 0 Å². The minimum absolute atomic E-state index is 0.0581. The monoisotopic (exact) mass is 696 g/mol. The Hall–Kier alpha value is -4.58. The summed E-state index contributed by atoms with van der Waals surface area (Å²) in [5.41, 5.74) is 0.601. The van der Waals surface area contributed by atoms with Crippen LogP contribution < -0.4 is 16.0 Å². The van der Waals surface area contributed by atoms with Crippen LogP contribution in [0.5, 0.6) is 0 Å². The Labute approximate surface area is 278 Å². The SMILES string of the molecule is Cc1ccc(S(=O)(=O)OCCn2cc(CCC(=O)NCCCCC(NC(=O)NC(CCC(=O)O)C(=O)O)C(=O)OC(C)(C)C)nn2)cc1. The number of aromatic nitrogens is 3. The first-order valence-corrected chi connectivity index (χ1v) is 16.7. The molecule has 0 aliphatic heterocycles. The third-order valence-electron chi connectivity index (χ3n) is 6.55. The molecular weight excluding hydrogens is 652 g/mol. The number of nitrogens with zero attached hydrogens (tertiary/aromatic N) is 3. The lowest BCUT2D eigenvalue weighted by Crippen LogP contribution is -2.52. The van der Waals surface area contributed by atoms with E-state index in [2.05, 4.69) is 26.3 Å². The summed E-state index contributed by atoms with van der Waals surface area (Å²) in [4.78, 5) is 59.8. The Balaban J connectivity index is 1.75. The first-order chi connectivity index (χ1) is 22.4. The first-order valence-electron chi connectivity index (χ1n) is 15.3. The minimum Gasteiger partial charge on any atom is -0.481 e. The van der Waals surface area contributed by atoms with Gasteiger partial charge < -0.3 is 30.9 Å². The number of carbonyl (C=O) groups is 5. The van der Waals surface area contributed by atoms with Crippen LogP contribution >= 0.6 is 0 Å². The molecule has 48 heavy (non-hydrogen) atoms. The zero-order chi connectivity index (χ0) is 35.9. The van der Waals surface area contributed by atoms with E-state index in [4.69, 9.17) is 14.0 Å². The Morgan fingerprint density at radius 3 is 2.25 bits per heavy atom. The number of aliphatic carboxylic acids is 2. The summed E-state index contributed by atoms with van der Waals surface area (Å²) in [6.07, 6.45) is 2.16. The van der Waals surface area contributed by atoms with Crippen LogP contribution in [-0.2, 0) is 51.2 Å². The van der Waals surface area contributed by atoms with Gasteiger partial charge in [-0.05, 0) is 65.5 Å². The van der Waals surface area contributed by atoms with Gasteiger partial charge in [-0.3, -0.25) is 13.8 Å². The van der Waals surface area contributed by atoms with Gasteiger partial charge in [0.2, 0.25) is 5.91 Å². The average molecular weight is 697 g/mol. The normalized spacial score (nSPS) is 12.8. The van der Waals surface area contributed by atoms with Crippen LogP contribution in [0.2, 0.25) is 0 Å². The van der Waals surface area contributed by atoms with Crippen LogP contribution in [0.15, 0.2) is 35.4 Å². The topological polar surface area (TPSA) is 245 Å². The number of aryl methyl sites for hydroxylation is 2. The third kappa shape index (κ3) is 15.3. The first kappa shape index (κ1) is 39.6. The van der Waals surface area contributed by atoms with E-state index in [1.54, 1.807) is 39.1 Å². The number of esters is 1. The second-order valence-corrected chi connectivity index (χ2v) is 13.6. The van der Waals surface area contributed by atoms with Gasteiger partial charge in [-0.2, -0.15) is 8.42 Å². The van der Waals surface area contributed by atoms with Crippen molar-refractivity contribution in [1.82, 2.24) is 30.9 Å². The van der Waals surface area contributed by atoms with Crippen molar-refractivity contribution in [3.63, 3.8) is 0 Å². The van der Waals surface area contributed by atoms with E-state index in [0.29, 0.717) is 18.5 Å². The lowest BCUT2D eigenvalue weighted by Gasteiger charge is -2.25. The highest BCUT2D eigenvalue weighted by Crippen LogP contribution is 2.14. The second kappa shape index (κ2) is 18.7. The fraction of sp³-hybridized carbons (Fsp3) is 0.567. The van der Waals surface area contributed by atoms with Gasteiger partial charge >= 0.3 is 23.9 Å². The molecule has 1 aromatic heterocycles. The van der Waals surface area contributed by atoms with E-state index in [0.717, 1.165) is 5.56 Å². The Bertz CT molecular complexity index is 1500. The molecule has 0 aliphatic rings. The Morgan fingerprint density at radius 2 is 1.62 bits per heavy atom. The van der Waals surface area contributed by atoms with Crippen molar-refractivity contribution in [3.8, 4) is 0 Å². The quantitative estimate of drug-likeness (QED) is 0.0750. The molecule has 2 rings (SSSR count). The number of carboxylic acid groups (broad SMARTS) is 2. The van der Waals surface area contributed by atoms with E-state index in [-0.39, 0.29) is 56.2 Å². The van der Waals surface area contributed by atoms with Crippen LogP contribution in [0, 0.1) is 6.92 Å². The summed E-state index contributed by atoms with van der Waals surface area (Å²) < 4.78 is 36.5. The fourth-order valence-electron chi connectivity index (χ4n) is 4.11. The summed E-state index contributed by atoms with van der Waals surface area (Å²) in [5.74, 6) is -3.62. The number of nitrogens with one attached hydrogen (secondary N) is 3. The molecule has 0 bridgehead atoms. The highest BCUT2D eigenvalue weighted by atomic mass is 32.2. The van der Waals surface area contributed by atoms with Gasteiger partial charge in [-0.15, -0.1) is 5.10 Å². The van der Waals surface area contributed by atoms with Crippen LogP contribution in [0.25, 0.3) is 0 Å². The summed E-state index contributed by atoms with van der Waals surface area (Å²) in [6.45, 7) is 7.07. The number of carbonyl (C=O) groups excluding carboxylic acids is 3. The number of amides is 3. The maximum Gasteiger partial charge on any atom is 0.329 e. The summed E-state index contributed by atoms with van der Waals surface area (Å²) in [5, 5.41) is 33.4. The van der Waals surface area contributed by atoms with E-state index < -0.39 is 58.2 Å². The second-order valence-electron chi connectivity index (χ2n) is 11.9. The van der Waals surface area contributed by atoms with Gasteiger partial charge in [-0.1, -0.05) is 22.9 Å². The standard InChI is InChI=1S/C30H44N6O11S/c1-20-8-11-22(12-9-20)48(44,45)46-18-17-36-19-21(34-35-36)10-14-25(37)31-16-6-5-7-24(28(42)47-30(2,3)4)33-29(43)32-23(27(40)41)13-15-26(38)39/h8-9,11-12,19,23-24H,5-7,10,13-18H2,1-4H3,(H,31,37)(H,38,39)(H,40,41)(H2,32,33,43). The van der Waals surface area contributed by atoms with Crippen LogP contribution in [0.4, 0.5) is 4.79 Å². The third-order valence-corrected chi connectivity index (χ3v) is 7.88. The number of hydrogen-bond donors (Lipinski definition) is 5. The van der Waals surface area contributed by atoms with Crippen molar-refractivity contribution in [2.45, 2.75) is 102 Å². The number of rotatable bonds is 20. The Morgan fingerprint density at radius 1 is 0.958 bits per heavy atom. The van der Waals surface area contributed by atoms with Gasteiger partial charge in [0, 0.05) is 32.0 Å². The van der Waals surface area contributed by atoms with Crippen molar-refractivity contribution in [2.24, 2.45) is 0 Å². The Kier molecular flexibility index (Phi) is 15.4. The van der Waals surface area contributed by atoms with Crippen LogP contribution in [0.1, 0.15) is 70.6 Å². The number of urea groups is 1. The van der Waals surface area contributed by atoms with E-state index in [1.165, 1.54) is 16.8 Å². The number of hydrogen-bond acceptors (Lipinski definition) is 11. The molecule has 0 saturated heterocycles. The molecule has 2 aromatic rings. The molecule has 18 heteroatoms. The summed E-state index contributed by atoms with van der Waals surface area (Å²) in [6, 6.07) is 2.74. The molecule has 17 nitrogen and oxygen atoms in total. The molecule has 5 N–H and O–H groups in total. The molecule has 266 valence electrons. The highest BCUT2D eigenvalue weighted by Gasteiger charge is 2.28. The fourth-order valence-corrected chi connectivity index (χ4v) is 5.01. The number of ether oxygens (including phenoxy) is 1. The van der Waals surface area contributed by atoms with Gasteiger partial charge in [-0.25, -0.2) is 19.1 Å². The maximum absolute atomic E-state index is 12.7. The lowest BCUT2D eigenvalue weighted by molar-refractivity contribution is -0.157. The summed E-state index contributed by atoms with van der Waals surface area (Å²) >= 11 is 0. The number of benzene rings is 1. The molecule has 0 spiro atoms. The van der Waals surface area contributed by atoms with Crippen LogP contribution in [0.3, 0.4) is 0 Å². The minimum atomic E-state index is -3.90. The molecular formula is C30H44N6O11S. The number of unbranched alkanes of at least 4 members (excludes halogenated alkanes) is 1. The number of carboxylic acids is 2. The molecule has 1 aromatic carbocycles. The van der Waals surface area contributed by atoms with E-state index in [9.17, 15) is 37.5 Å². The van der Waals surface area contributed by atoms with Crippen molar-refractivity contribution < 1.29 is 51.5 Å². The van der Waals surface area contributed by atoms with Gasteiger partial charge in [0.25, 0.3) is 10.1 Å². The molecule has 0 saturated carbocycles. The smallest absolute Gasteiger partial charge is 0.329 e. The van der Waals surface area contributed by atoms with Crippen LogP contribution in [-0.4, -0.2) is 94.3 Å². The van der Waals surface area contributed by atoms with Crippen molar-refractivity contribution >= 4 is 40.0 Å². The highest BCUT2D eigenvalue weighted by molar-refractivity contribution is 7.86. The maximum atomic E-state index is 12.7. The van der Waals surface area contributed by atoms with E-state index in [1.807, 2.05) is 6.92 Å². The lowest BCUT2D eigenvalue weighted by atomic mass is 10.1.